The van der Waals surface area contributed by atoms with Crippen LogP contribution in [0.25, 0.3) is 11.3 Å². The summed E-state index contributed by atoms with van der Waals surface area (Å²) in [5, 5.41) is 3.33. The molecule has 0 saturated carbocycles. The van der Waals surface area contributed by atoms with Crippen molar-refractivity contribution < 1.29 is 13.9 Å². The summed E-state index contributed by atoms with van der Waals surface area (Å²) in [6, 6.07) is 7.49. The van der Waals surface area contributed by atoms with E-state index in [1.54, 1.807) is 18.5 Å². The van der Waals surface area contributed by atoms with E-state index in [9.17, 15) is 4.79 Å². The van der Waals surface area contributed by atoms with E-state index < -0.39 is 0 Å². The van der Waals surface area contributed by atoms with Gasteiger partial charge in [-0.15, -0.1) is 0 Å². The topological polar surface area (TPSA) is 77.3 Å². The lowest BCUT2D eigenvalue weighted by atomic mass is 10.1. The summed E-state index contributed by atoms with van der Waals surface area (Å²) in [7, 11) is 0. The molecule has 1 aromatic carbocycles. The van der Waals surface area contributed by atoms with Gasteiger partial charge >= 0.3 is 0 Å². The zero-order valence-electron chi connectivity index (χ0n) is 12.9. The Balaban J connectivity index is 1.60. The third-order valence-corrected chi connectivity index (χ3v) is 3.97. The van der Waals surface area contributed by atoms with Crippen molar-refractivity contribution in [3.63, 3.8) is 0 Å². The number of hydrogen-bond donors (Lipinski definition) is 1. The summed E-state index contributed by atoms with van der Waals surface area (Å²) in [5.74, 6) is 2.24. The van der Waals surface area contributed by atoms with Crippen molar-refractivity contribution in [3.05, 3.63) is 59.7 Å². The first kappa shape index (κ1) is 14.4. The zero-order chi connectivity index (χ0) is 16.4. The minimum atomic E-state index is 0.586. The van der Waals surface area contributed by atoms with Crippen molar-refractivity contribution in [2.24, 2.45) is 0 Å². The number of aldehydes is 1. The van der Waals surface area contributed by atoms with Crippen LogP contribution in [0.3, 0.4) is 0 Å². The molecule has 4 rings (SSSR count). The SMILES string of the molecule is O=Cc1cccc(CNc2ncc(-c3cnco3)c3c2CCO3)c1. The minimum absolute atomic E-state index is 0.586. The molecule has 0 unspecified atom stereocenters. The number of rotatable bonds is 5. The quantitative estimate of drug-likeness (QED) is 0.728. The van der Waals surface area contributed by atoms with Crippen LogP contribution < -0.4 is 10.1 Å². The number of benzene rings is 1. The van der Waals surface area contributed by atoms with Crippen molar-refractivity contribution in [1.82, 2.24) is 9.97 Å². The van der Waals surface area contributed by atoms with Crippen LogP contribution in [0.15, 0.2) is 47.5 Å². The molecule has 0 saturated heterocycles. The van der Waals surface area contributed by atoms with Crippen molar-refractivity contribution in [2.75, 3.05) is 11.9 Å². The molecule has 0 amide bonds. The normalized spacial score (nSPS) is 12.5. The van der Waals surface area contributed by atoms with E-state index in [1.807, 2.05) is 18.2 Å². The molecule has 120 valence electrons. The standard InChI is InChI=1S/C18H15N3O3/c22-10-13-3-1-2-12(6-13)7-20-18-14-4-5-23-17(14)15(8-21-18)16-9-19-11-24-16/h1-3,6,8-11H,4-5,7H2,(H,20,21). The fourth-order valence-corrected chi connectivity index (χ4v) is 2.83. The molecular formula is C18H15N3O3. The number of aromatic nitrogens is 2. The third kappa shape index (κ3) is 2.62. The number of nitrogens with one attached hydrogen (secondary N) is 1. The Morgan fingerprint density at radius 3 is 3.08 bits per heavy atom. The fourth-order valence-electron chi connectivity index (χ4n) is 2.83. The summed E-state index contributed by atoms with van der Waals surface area (Å²) < 4.78 is 11.1. The molecule has 0 atom stereocenters. The molecule has 0 radical (unpaired) electrons. The average molecular weight is 321 g/mol. The number of carbonyl (C=O) groups excluding carboxylic acids is 1. The van der Waals surface area contributed by atoms with Crippen LogP contribution in [0.1, 0.15) is 21.5 Å². The van der Waals surface area contributed by atoms with E-state index >= 15 is 0 Å². The van der Waals surface area contributed by atoms with E-state index in [4.69, 9.17) is 9.15 Å². The van der Waals surface area contributed by atoms with Gasteiger partial charge in [-0.25, -0.2) is 9.97 Å². The molecule has 24 heavy (non-hydrogen) atoms. The van der Waals surface area contributed by atoms with Gasteiger partial charge in [-0.05, 0) is 11.6 Å². The van der Waals surface area contributed by atoms with Crippen LogP contribution in [0.2, 0.25) is 0 Å². The highest BCUT2D eigenvalue weighted by molar-refractivity contribution is 5.75. The maximum Gasteiger partial charge on any atom is 0.181 e. The predicted octanol–water partition coefficient (Wildman–Crippen LogP) is 3.10. The first-order chi connectivity index (χ1) is 11.8. The number of oxazole rings is 1. The second-order valence-corrected chi connectivity index (χ2v) is 5.51. The molecule has 0 fully saturated rings. The fraction of sp³-hybridized carbons (Fsp3) is 0.167. The number of fused-ring (bicyclic) bond motifs is 1. The van der Waals surface area contributed by atoms with Crippen molar-refractivity contribution in [3.8, 4) is 17.1 Å². The first-order valence-electron chi connectivity index (χ1n) is 7.66. The maximum atomic E-state index is 10.9. The Kier molecular flexibility index (Phi) is 3.70. The predicted molar refractivity (Wildman–Crippen MR) is 88.1 cm³/mol. The maximum absolute atomic E-state index is 10.9. The highest BCUT2D eigenvalue weighted by Crippen LogP contribution is 2.39. The van der Waals surface area contributed by atoms with Gasteiger partial charge in [-0.2, -0.15) is 0 Å². The molecule has 0 spiro atoms. The van der Waals surface area contributed by atoms with Crippen LogP contribution in [-0.2, 0) is 13.0 Å². The summed E-state index contributed by atoms with van der Waals surface area (Å²) in [4.78, 5) is 19.3. The highest BCUT2D eigenvalue weighted by Gasteiger charge is 2.23. The average Bonchev–Trinajstić information content (AvgIpc) is 3.31. The van der Waals surface area contributed by atoms with E-state index in [1.165, 1.54) is 6.39 Å². The van der Waals surface area contributed by atoms with Crippen LogP contribution in [-0.4, -0.2) is 22.9 Å². The van der Waals surface area contributed by atoms with Gasteiger partial charge in [0.2, 0.25) is 0 Å². The second-order valence-electron chi connectivity index (χ2n) is 5.51. The summed E-state index contributed by atoms with van der Waals surface area (Å²) in [6.07, 6.45) is 6.41. The van der Waals surface area contributed by atoms with Crippen LogP contribution >= 0.6 is 0 Å². The van der Waals surface area contributed by atoms with Gasteiger partial charge in [0.15, 0.2) is 12.2 Å². The van der Waals surface area contributed by atoms with Gasteiger partial charge in [0, 0.05) is 30.3 Å². The number of carbonyl (C=O) groups is 1. The van der Waals surface area contributed by atoms with Gasteiger partial charge in [-0.3, -0.25) is 4.79 Å². The Bertz CT molecular complexity index is 875. The minimum Gasteiger partial charge on any atom is -0.492 e. The zero-order valence-corrected chi connectivity index (χ0v) is 12.9. The van der Waals surface area contributed by atoms with Gasteiger partial charge in [-0.1, -0.05) is 18.2 Å². The smallest absolute Gasteiger partial charge is 0.181 e. The summed E-state index contributed by atoms with van der Waals surface area (Å²) in [5.41, 5.74) is 3.54. The molecule has 1 aliphatic heterocycles. The molecule has 6 heteroatoms. The number of hydrogen-bond acceptors (Lipinski definition) is 6. The molecule has 3 aromatic rings. The molecule has 1 aliphatic rings. The molecule has 2 aromatic heterocycles. The van der Waals surface area contributed by atoms with E-state index in [2.05, 4.69) is 15.3 Å². The van der Waals surface area contributed by atoms with Gasteiger partial charge in [0.25, 0.3) is 0 Å². The lowest BCUT2D eigenvalue weighted by Crippen LogP contribution is -2.04. The third-order valence-electron chi connectivity index (χ3n) is 3.97. The van der Waals surface area contributed by atoms with E-state index in [0.29, 0.717) is 24.5 Å². The highest BCUT2D eigenvalue weighted by atomic mass is 16.5. The Morgan fingerprint density at radius 1 is 1.29 bits per heavy atom. The molecule has 0 aliphatic carbocycles. The van der Waals surface area contributed by atoms with Gasteiger partial charge in [0.05, 0.1) is 18.4 Å². The number of nitrogens with zero attached hydrogens (tertiary/aromatic N) is 2. The van der Waals surface area contributed by atoms with Crippen LogP contribution in [0.4, 0.5) is 5.82 Å². The first-order valence-corrected chi connectivity index (χ1v) is 7.66. The molecule has 3 heterocycles. The molecule has 6 nitrogen and oxygen atoms in total. The number of ether oxygens (including phenoxy) is 1. The Morgan fingerprint density at radius 2 is 2.25 bits per heavy atom. The van der Waals surface area contributed by atoms with Crippen molar-refractivity contribution in [2.45, 2.75) is 13.0 Å². The molecular weight excluding hydrogens is 306 g/mol. The lowest BCUT2D eigenvalue weighted by Gasteiger charge is -2.11. The largest absolute Gasteiger partial charge is 0.492 e. The van der Waals surface area contributed by atoms with Gasteiger partial charge < -0.3 is 14.5 Å². The summed E-state index contributed by atoms with van der Waals surface area (Å²) in [6.45, 7) is 1.21. The summed E-state index contributed by atoms with van der Waals surface area (Å²) >= 11 is 0. The van der Waals surface area contributed by atoms with E-state index in [0.717, 1.165) is 41.0 Å². The lowest BCUT2D eigenvalue weighted by molar-refractivity contribution is 0.112. The molecule has 1 N–H and O–H groups in total. The second kappa shape index (κ2) is 6.16. The Labute approximate surface area is 138 Å². The number of anilines is 1. The molecule has 0 bridgehead atoms. The monoisotopic (exact) mass is 321 g/mol. The van der Waals surface area contributed by atoms with E-state index in [-0.39, 0.29) is 0 Å². The van der Waals surface area contributed by atoms with Crippen LogP contribution in [0, 0.1) is 0 Å². The van der Waals surface area contributed by atoms with Gasteiger partial charge in [0.1, 0.15) is 17.9 Å². The van der Waals surface area contributed by atoms with Crippen LogP contribution in [0.5, 0.6) is 5.75 Å². The Hall–Kier alpha value is -3.15. The van der Waals surface area contributed by atoms with Crippen molar-refractivity contribution >= 4 is 12.1 Å². The van der Waals surface area contributed by atoms with Crippen molar-refractivity contribution in [1.29, 1.82) is 0 Å². The number of pyridine rings is 1.